The van der Waals surface area contributed by atoms with Crippen molar-refractivity contribution < 1.29 is 10.1 Å². The lowest BCUT2D eigenvalue weighted by atomic mass is 10.3. The van der Waals surface area contributed by atoms with Gasteiger partial charge in [0, 0.05) is 10.5 Å². The second-order valence-corrected chi connectivity index (χ2v) is 4.35. The van der Waals surface area contributed by atoms with Gasteiger partial charge in [0.25, 0.3) is 5.69 Å². The van der Waals surface area contributed by atoms with Crippen molar-refractivity contribution in [3.8, 4) is 0 Å². The Morgan fingerprint density at radius 1 is 1.22 bits per heavy atom. The van der Waals surface area contributed by atoms with Crippen LogP contribution in [0.2, 0.25) is 0 Å². The van der Waals surface area contributed by atoms with E-state index in [-0.39, 0.29) is 11.2 Å². The summed E-state index contributed by atoms with van der Waals surface area (Å²) in [4.78, 5) is 14.1. The van der Waals surface area contributed by atoms with E-state index in [0.717, 1.165) is 10.7 Å². The fourth-order valence-corrected chi connectivity index (χ4v) is 1.58. The second kappa shape index (κ2) is 5.01. The van der Waals surface area contributed by atoms with Crippen molar-refractivity contribution in [1.82, 2.24) is 4.73 Å². The molecule has 0 aliphatic carbocycles. The predicted octanol–water partition coefficient (Wildman–Crippen LogP) is 2.63. The highest BCUT2D eigenvalue weighted by atomic mass is 79.9. The van der Waals surface area contributed by atoms with Gasteiger partial charge in [0.05, 0.1) is 10.6 Å². The van der Waals surface area contributed by atoms with E-state index in [1.165, 1.54) is 12.1 Å². The van der Waals surface area contributed by atoms with Crippen LogP contribution in [0.4, 0.5) is 11.4 Å². The van der Waals surface area contributed by atoms with Crippen LogP contribution >= 0.6 is 15.9 Å². The van der Waals surface area contributed by atoms with E-state index in [4.69, 9.17) is 0 Å². The molecule has 0 saturated heterocycles. The lowest BCUT2D eigenvalue weighted by Crippen LogP contribution is -2.17. The van der Waals surface area contributed by atoms with Crippen LogP contribution in [0.5, 0.6) is 0 Å². The Kier molecular flexibility index (Phi) is 3.42. The average Bonchev–Trinajstić information content (AvgIpc) is 2.34. The molecule has 0 aliphatic rings. The van der Waals surface area contributed by atoms with Crippen molar-refractivity contribution >= 4 is 27.3 Å². The monoisotopic (exact) mass is 309 g/mol. The number of nitro groups is 1. The summed E-state index contributed by atoms with van der Waals surface area (Å²) < 4.78 is 1.54. The van der Waals surface area contributed by atoms with Crippen LogP contribution in [0.25, 0.3) is 0 Å². The van der Waals surface area contributed by atoms with E-state index in [0.29, 0.717) is 10.4 Å². The Morgan fingerprint density at radius 3 is 2.44 bits per heavy atom. The molecule has 0 bridgehead atoms. The van der Waals surface area contributed by atoms with Gasteiger partial charge in [-0.15, -0.1) is 0 Å². The number of pyridine rings is 1. The van der Waals surface area contributed by atoms with Gasteiger partial charge in [-0.25, -0.2) is 4.99 Å². The quantitative estimate of drug-likeness (QED) is 0.526. The Morgan fingerprint density at radius 2 is 1.89 bits per heavy atom. The van der Waals surface area contributed by atoms with Crippen molar-refractivity contribution in [3.63, 3.8) is 0 Å². The summed E-state index contributed by atoms with van der Waals surface area (Å²) in [7, 11) is 0. The third kappa shape index (κ3) is 2.75. The number of aromatic nitrogens is 1. The van der Waals surface area contributed by atoms with Gasteiger partial charge < -0.3 is 5.21 Å². The zero-order chi connectivity index (χ0) is 13.1. The average molecular weight is 310 g/mol. The van der Waals surface area contributed by atoms with E-state index >= 15 is 0 Å². The number of hydrogen-bond donors (Lipinski definition) is 1. The Balaban J connectivity index is 2.45. The van der Waals surface area contributed by atoms with Crippen LogP contribution in [0.15, 0.2) is 52.1 Å². The molecule has 0 amide bonds. The largest absolute Gasteiger partial charge is 0.427 e. The number of halogens is 1. The van der Waals surface area contributed by atoms with Crippen molar-refractivity contribution in [2.45, 2.75) is 0 Å². The molecule has 0 fully saturated rings. The molecule has 0 saturated carbocycles. The minimum Gasteiger partial charge on any atom is -0.427 e. The van der Waals surface area contributed by atoms with E-state index in [1.807, 2.05) is 12.1 Å². The van der Waals surface area contributed by atoms with Crippen LogP contribution in [0, 0.1) is 10.1 Å². The summed E-state index contributed by atoms with van der Waals surface area (Å²) in [6.07, 6.45) is 0.998. The number of nitrogens with zero attached hydrogens (tertiary/aromatic N) is 3. The van der Waals surface area contributed by atoms with Gasteiger partial charge in [-0.1, -0.05) is 15.9 Å². The summed E-state index contributed by atoms with van der Waals surface area (Å²) in [5.41, 5.74) is 0.644. The highest BCUT2D eigenvalue weighted by Crippen LogP contribution is 2.16. The molecule has 1 heterocycles. The van der Waals surface area contributed by atoms with Crippen molar-refractivity contribution in [1.29, 1.82) is 0 Å². The Labute approximate surface area is 110 Å². The first kappa shape index (κ1) is 12.3. The zero-order valence-electron chi connectivity index (χ0n) is 9.02. The third-order valence-corrected chi connectivity index (χ3v) is 2.70. The fourth-order valence-electron chi connectivity index (χ4n) is 1.32. The molecule has 0 aliphatic heterocycles. The van der Waals surface area contributed by atoms with Crippen LogP contribution in [0.3, 0.4) is 0 Å². The van der Waals surface area contributed by atoms with Gasteiger partial charge in [0.1, 0.15) is 6.20 Å². The Hall–Kier alpha value is -2.15. The van der Waals surface area contributed by atoms with Gasteiger partial charge in [0.15, 0.2) is 5.49 Å². The number of benzene rings is 1. The molecule has 1 aromatic heterocycles. The molecule has 0 atom stereocenters. The topological polar surface area (TPSA) is 80.7 Å². The summed E-state index contributed by atoms with van der Waals surface area (Å²) in [5.74, 6) is 0. The fraction of sp³-hybridized carbons (Fsp3) is 0. The summed E-state index contributed by atoms with van der Waals surface area (Å²) in [5, 5.41) is 20.1. The maximum Gasteiger partial charge on any atom is 0.289 e. The molecule has 18 heavy (non-hydrogen) atoms. The van der Waals surface area contributed by atoms with E-state index in [1.54, 1.807) is 12.1 Å². The first-order valence-corrected chi connectivity index (χ1v) is 5.72. The van der Waals surface area contributed by atoms with Gasteiger partial charge in [-0.3, -0.25) is 10.1 Å². The van der Waals surface area contributed by atoms with Crippen molar-refractivity contribution in [2.75, 3.05) is 0 Å². The van der Waals surface area contributed by atoms with E-state index in [9.17, 15) is 15.3 Å². The first-order valence-electron chi connectivity index (χ1n) is 4.93. The lowest BCUT2D eigenvalue weighted by molar-refractivity contribution is -0.385. The maximum atomic E-state index is 10.5. The molecular weight excluding hydrogens is 302 g/mol. The van der Waals surface area contributed by atoms with Gasteiger partial charge in [-0.2, -0.15) is 4.73 Å². The van der Waals surface area contributed by atoms with Crippen molar-refractivity contribution in [2.24, 2.45) is 4.99 Å². The number of hydrogen-bond acceptors (Lipinski definition) is 4. The summed E-state index contributed by atoms with van der Waals surface area (Å²) >= 11 is 3.30. The summed E-state index contributed by atoms with van der Waals surface area (Å²) in [6.45, 7) is 0. The molecule has 0 unspecified atom stereocenters. The molecule has 2 aromatic rings. The molecule has 2 rings (SSSR count). The molecule has 1 N–H and O–H groups in total. The van der Waals surface area contributed by atoms with Crippen LogP contribution in [-0.2, 0) is 0 Å². The SMILES string of the molecule is O=[N+]([O-])c1ccc(=Nc2ccc(Br)cc2)n(O)c1. The van der Waals surface area contributed by atoms with Gasteiger partial charge in [-0.05, 0) is 30.3 Å². The third-order valence-electron chi connectivity index (χ3n) is 2.17. The summed E-state index contributed by atoms with van der Waals surface area (Å²) in [6, 6.07) is 9.79. The Bertz CT molecular complexity index is 649. The number of rotatable bonds is 2. The van der Waals surface area contributed by atoms with Crippen LogP contribution in [0.1, 0.15) is 0 Å². The smallest absolute Gasteiger partial charge is 0.289 e. The molecular formula is C11H8BrN3O3. The molecule has 6 nitrogen and oxygen atoms in total. The highest BCUT2D eigenvalue weighted by molar-refractivity contribution is 9.10. The molecule has 92 valence electrons. The second-order valence-electron chi connectivity index (χ2n) is 3.44. The minimum atomic E-state index is -0.587. The minimum absolute atomic E-state index is 0.202. The molecule has 7 heteroatoms. The maximum absolute atomic E-state index is 10.5. The molecule has 0 radical (unpaired) electrons. The molecule has 1 aromatic carbocycles. The highest BCUT2D eigenvalue weighted by Gasteiger charge is 2.05. The standard InChI is InChI=1S/C11H8BrN3O3/c12-8-1-3-9(4-2-8)13-11-6-5-10(15(17)18)7-14(11)16/h1-7,16H. The van der Waals surface area contributed by atoms with E-state index in [2.05, 4.69) is 20.9 Å². The van der Waals surface area contributed by atoms with Gasteiger partial charge in [0.2, 0.25) is 0 Å². The van der Waals surface area contributed by atoms with E-state index < -0.39 is 4.92 Å². The predicted molar refractivity (Wildman–Crippen MR) is 67.6 cm³/mol. The molecule has 0 spiro atoms. The van der Waals surface area contributed by atoms with Crippen molar-refractivity contribution in [3.05, 3.63) is 62.7 Å². The van der Waals surface area contributed by atoms with Crippen LogP contribution < -0.4 is 5.49 Å². The normalized spacial score (nSPS) is 11.5. The lowest BCUT2D eigenvalue weighted by Gasteiger charge is -1.99. The van der Waals surface area contributed by atoms with Crippen LogP contribution in [-0.4, -0.2) is 14.9 Å². The zero-order valence-corrected chi connectivity index (χ0v) is 10.6. The first-order chi connectivity index (χ1) is 8.56. The van der Waals surface area contributed by atoms with Gasteiger partial charge >= 0.3 is 0 Å².